The fourth-order valence-electron chi connectivity index (χ4n) is 0.521. The van der Waals surface area contributed by atoms with Crippen molar-refractivity contribution < 1.29 is 43.8 Å². The second-order valence-electron chi connectivity index (χ2n) is 2.35. The molecule has 0 heterocycles. The molecule has 0 aromatic carbocycles. The molecule has 0 saturated carbocycles. The first-order chi connectivity index (χ1) is 6.33. The zero-order chi connectivity index (χ0) is 12.5. The summed E-state index contributed by atoms with van der Waals surface area (Å²) in [5.41, 5.74) is 0. The highest BCUT2D eigenvalue weighted by Crippen LogP contribution is 2.55. The van der Waals surface area contributed by atoms with Crippen LogP contribution >= 0.6 is 7.99 Å². The van der Waals surface area contributed by atoms with Gasteiger partial charge in [-0.1, -0.05) is 0 Å². The summed E-state index contributed by atoms with van der Waals surface area (Å²) in [7, 11) is -6.76. The van der Waals surface area contributed by atoms with E-state index in [1.165, 1.54) is 0 Å². The van der Waals surface area contributed by atoms with Gasteiger partial charge in [0.2, 0.25) is 0 Å². The molecule has 0 aromatic rings. The molecule has 0 N–H and O–H groups in total. The van der Waals surface area contributed by atoms with Gasteiger partial charge in [-0.15, -0.1) is 8.39 Å². The van der Waals surface area contributed by atoms with Gasteiger partial charge in [-0.05, 0) is 0 Å². The van der Waals surface area contributed by atoms with Crippen molar-refractivity contribution >= 4 is 7.99 Å². The number of hydrogen-bond donors (Lipinski definition) is 0. The molecule has 0 rings (SSSR count). The van der Waals surface area contributed by atoms with E-state index in [1.807, 2.05) is 0 Å². The maximum absolute atomic E-state index is 12.2. The van der Waals surface area contributed by atoms with Crippen LogP contribution in [0.25, 0.3) is 0 Å². The molecule has 0 aliphatic carbocycles. The maximum Gasteiger partial charge on any atom is 0.556 e. The first kappa shape index (κ1) is 14.6. The van der Waals surface area contributed by atoms with Gasteiger partial charge >= 0.3 is 20.3 Å². The molecule has 15 heavy (non-hydrogen) atoms. The van der Waals surface area contributed by atoms with Gasteiger partial charge in [-0.3, -0.25) is 0 Å². The van der Waals surface area contributed by atoms with E-state index in [1.54, 1.807) is 0 Å². The highest BCUT2D eigenvalue weighted by molar-refractivity contribution is 7.47. The third-order valence-electron chi connectivity index (χ3n) is 1.00. The molecule has 0 bridgehead atoms. The fraction of sp³-hybridized carbons (Fsp3) is 1.00. The van der Waals surface area contributed by atoms with Crippen LogP contribution in [0.2, 0.25) is 0 Å². The Morgan fingerprint density at radius 1 is 1.13 bits per heavy atom. The minimum absolute atomic E-state index is 2.15. The lowest BCUT2D eigenvalue weighted by Gasteiger charge is -2.20. The van der Waals surface area contributed by atoms with Crippen LogP contribution in [-0.4, -0.2) is 18.5 Å². The zero-order valence-electron chi connectivity index (χ0n) is 6.57. The Balaban J connectivity index is 4.53. The summed E-state index contributed by atoms with van der Waals surface area (Å²) in [5, 5.41) is 0. The van der Waals surface area contributed by atoms with Gasteiger partial charge in [-0.2, -0.15) is 22.0 Å². The van der Waals surface area contributed by atoms with Crippen LogP contribution in [-0.2, 0) is 9.09 Å². The van der Waals surface area contributed by atoms with Gasteiger partial charge in [0.1, 0.15) is 0 Å². The molecule has 0 fully saturated rings. The van der Waals surface area contributed by atoms with Gasteiger partial charge in [0.25, 0.3) is 0 Å². The topological polar surface area (TPSA) is 26.3 Å². The summed E-state index contributed by atoms with van der Waals surface area (Å²) in [6.45, 7) is 0. The van der Waals surface area contributed by atoms with E-state index in [4.69, 9.17) is 0 Å². The van der Waals surface area contributed by atoms with E-state index in [-0.39, 0.29) is 0 Å². The Labute approximate surface area is 77.9 Å². The molecule has 2 nitrogen and oxygen atoms in total. The third kappa shape index (κ3) is 6.67. The van der Waals surface area contributed by atoms with Crippen molar-refractivity contribution in [3.8, 4) is 0 Å². The molecule has 0 spiro atoms. The monoisotopic (exact) mass is 266 g/mol. The largest absolute Gasteiger partial charge is 0.556 e. The number of halogens is 8. The van der Waals surface area contributed by atoms with Crippen molar-refractivity contribution in [3.63, 3.8) is 0 Å². The van der Waals surface area contributed by atoms with Crippen LogP contribution < -0.4 is 0 Å². The van der Waals surface area contributed by atoms with Crippen LogP contribution in [0.3, 0.4) is 0 Å². The van der Waals surface area contributed by atoms with Crippen molar-refractivity contribution in [1.29, 1.82) is 0 Å². The summed E-state index contributed by atoms with van der Waals surface area (Å²) in [6, 6.07) is 0. The van der Waals surface area contributed by atoms with Crippen LogP contribution in [0.15, 0.2) is 0 Å². The van der Waals surface area contributed by atoms with E-state index in [0.29, 0.717) is 0 Å². The molecular formula is C4H3F8O2P. The lowest BCUT2D eigenvalue weighted by Crippen LogP contribution is -2.35. The summed E-state index contributed by atoms with van der Waals surface area (Å²) >= 11 is 0. The lowest BCUT2D eigenvalue weighted by molar-refractivity contribution is -0.251. The first-order valence-electron chi connectivity index (χ1n) is 3.12. The van der Waals surface area contributed by atoms with Crippen LogP contribution in [0, 0.1) is 0 Å². The van der Waals surface area contributed by atoms with Crippen LogP contribution in [0.1, 0.15) is 6.42 Å². The van der Waals surface area contributed by atoms with E-state index < -0.39 is 32.9 Å². The molecule has 0 aliphatic rings. The molecule has 1 atom stereocenters. The van der Waals surface area contributed by atoms with Gasteiger partial charge in [0, 0.05) is 0 Å². The van der Waals surface area contributed by atoms with E-state index in [0.717, 1.165) is 0 Å². The molecule has 11 heteroatoms. The van der Waals surface area contributed by atoms with Gasteiger partial charge in [0.05, 0.1) is 6.42 Å². The normalized spacial score (nSPS) is 16.5. The van der Waals surface area contributed by atoms with Crippen molar-refractivity contribution in [3.05, 3.63) is 0 Å². The molecule has 92 valence electrons. The quantitative estimate of drug-likeness (QED) is 0.569. The molecule has 0 aliphatic heterocycles. The van der Waals surface area contributed by atoms with Crippen LogP contribution in [0.4, 0.5) is 34.7 Å². The predicted molar refractivity (Wildman–Crippen MR) is 31.4 cm³/mol. The zero-order valence-corrected chi connectivity index (χ0v) is 7.47. The maximum atomic E-state index is 12.2. The van der Waals surface area contributed by atoms with Crippen molar-refractivity contribution in [2.45, 2.75) is 24.9 Å². The number of alkyl halides is 6. The highest BCUT2D eigenvalue weighted by Gasteiger charge is 2.52. The van der Waals surface area contributed by atoms with E-state index >= 15 is 0 Å². The number of rotatable bonds is 4. The summed E-state index contributed by atoms with van der Waals surface area (Å²) in [6.07, 6.45) is -17.5. The Bertz CT molecular complexity index is 256. The van der Waals surface area contributed by atoms with Gasteiger partial charge in [-0.25, -0.2) is 13.5 Å². The Morgan fingerprint density at radius 2 is 1.53 bits per heavy atom. The standard InChI is InChI=1S/C4H3F8O2P/c5-2(1-3(6,7)8)4(9,10)14-15(11,12)13/h2H,1H2. The van der Waals surface area contributed by atoms with Crippen molar-refractivity contribution in [1.82, 2.24) is 0 Å². The molecule has 0 amide bonds. The smallest absolute Gasteiger partial charge is 0.237 e. The van der Waals surface area contributed by atoms with Crippen molar-refractivity contribution in [2.24, 2.45) is 0 Å². The van der Waals surface area contributed by atoms with Gasteiger partial charge in [0.15, 0.2) is 6.17 Å². The Morgan fingerprint density at radius 3 is 1.80 bits per heavy atom. The first-order valence-corrected chi connectivity index (χ1v) is 4.53. The van der Waals surface area contributed by atoms with Crippen molar-refractivity contribution in [2.75, 3.05) is 0 Å². The molecule has 1 unspecified atom stereocenters. The minimum Gasteiger partial charge on any atom is -0.237 e. The average molecular weight is 266 g/mol. The Hall–Kier alpha value is -0.370. The third-order valence-corrected chi connectivity index (χ3v) is 1.46. The fourth-order valence-corrected chi connectivity index (χ4v) is 0.919. The summed E-state index contributed by atoms with van der Waals surface area (Å²) in [4.78, 5) is 0. The highest BCUT2D eigenvalue weighted by atomic mass is 31.2. The average Bonchev–Trinajstić information content (AvgIpc) is 1.75. The second kappa shape index (κ2) is 4.25. The SMILES string of the molecule is O=P(F)(F)OC(F)(F)C(F)CC(F)(F)F. The Kier molecular flexibility index (Phi) is 4.14. The van der Waals surface area contributed by atoms with Crippen LogP contribution in [0.5, 0.6) is 0 Å². The second-order valence-corrected chi connectivity index (χ2v) is 3.37. The molecular weight excluding hydrogens is 263 g/mol. The van der Waals surface area contributed by atoms with Gasteiger partial charge < -0.3 is 0 Å². The summed E-state index contributed by atoms with van der Waals surface area (Å²) < 4.78 is 105. The lowest BCUT2D eigenvalue weighted by atomic mass is 10.2. The molecule has 0 saturated heterocycles. The minimum atomic E-state index is -6.76. The summed E-state index contributed by atoms with van der Waals surface area (Å²) in [5.74, 6) is 0. The molecule has 0 aromatic heterocycles. The number of hydrogen-bond acceptors (Lipinski definition) is 2. The van der Waals surface area contributed by atoms with E-state index in [2.05, 4.69) is 4.52 Å². The predicted octanol–water partition coefficient (Wildman–Crippen LogP) is 3.93. The van der Waals surface area contributed by atoms with E-state index in [9.17, 15) is 39.3 Å². The molecule has 0 radical (unpaired) electrons.